The molecule has 0 spiro atoms. The molecule has 3 aliphatic rings. The number of hydrogen-bond donors (Lipinski definition) is 6. The number of fused-ring (bicyclic) bond motifs is 14. The molecule has 52 heavy (non-hydrogen) atoms. The first-order valence-corrected chi connectivity index (χ1v) is 16.9. The molecule has 9 atom stereocenters. The number of ketones is 1. The second kappa shape index (κ2) is 15.4. The number of aromatic hydroxyl groups is 3. The van der Waals surface area contributed by atoms with Crippen LogP contribution in [0.5, 0.6) is 23.0 Å². The average molecular weight is 726 g/mol. The van der Waals surface area contributed by atoms with Gasteiger partial charge in [0.25, 0.3) is 11.7 Å². The Balaban J connectivity index is 1.93. The number of Topliss-reactive ketones (excluding diaryl/α,β-unsaturated/α-hetero) is 1. The van der Waals surface area contributed by atoms with Crippen molar-refractivity contribution in [2.75, 3.05) is 12.4 Å². The van der Waals surface area contributed by atoms with Gasteiger partial charge in [-0.1, -0.05) is 45.9 Å². The lowest BCUT2D eigenvalue weighted by molar-refractivity contribution is -0.160. The minimum atomic E-state index is -2.08. The topological polar surface area (TPSA) is 218 Å². The number of aldehydes is 1. The molecule has 0 saturated carbocycles. The van der Waals surface area contributed by atoms with Crippen LogP contribution in [-0.2, 0) is 23.8 Å². The van der Waals surface area contributed by atoms with Gasteiger partial charge in [-0.3, -0.25) is 19.2 Å². The van der Waals surface area contributed by atoms with E-state index in [1.54, 1.807) is 33.8 Å². The maximum absolute atomic E-state index is 14.0. The van der Waals surface area contributed by atoms with Gasteiger partial charge in [0.05, 0.1) is 46.8 Å². The van der Waals surface area contributed by atoms with Crippen LogP contribution in [0.2, 0.25) is 0 Å². The molecule has 282 valence electrons. The van der Waals surface area contributed by atoms with Crippen LogP contribution in [-0.4, -0.2) is 86.8 Å². The highest BCUT2D eigenvalue weighted by molar-refractivity contribution is 6.23. The van der Waals surface area contributed by atoms with Gasteiger partial charge >= 0.3 is 11.8 Å². The van der Waals surface area contributed by atoms with E-state index in [1.165, 1.54) is 53.0 Å². The van der Waals surface area contributed by atoms with Gasteiger partial charge in [-0.2, -0.15) is 0 Å². The summed E-state index contributed by atoms with van der Waals surface area (Å²) in [4.78, 5) is 51.8. The summed E-state index contributed by atoms with van der Waals surface area (Å²) in [6.45, 7) is 12.2. The molecule has 0 aromatic heterocycles. The molecular weight excluding hydrogens is 678 g/mol. The van der Waals surface area contributed by atoms with Crippen molar-refractivity contribution in [1.82, 2.24) is 0 Å². The SMILES string of the molecule is CO[C@@H]1/C=C/O[C@]2(C)Oc3c(C)c(O)c4c(O)c(c(C=O)c(O)c4c3C2=O)NC(=O)/C(C)=C\C=C\[C@@H](C)[C@H](O)[C@H](C)[C@@H](O)[C@H](C)[C@@H](OC(C)=O)[C@@H]1C. The zero-order chi connectivity index (χ0) is 39.0. The number of phenolic OH excluding ortho intramolecular Hbond substituents is 3. The van der Waals surface area contributed by atoms with Crippen LogP contribution in [0.4, 0.5) is 5.69 Å². The van der Waals surface area contributed by atoms with Crippen LogP contribution < -0.4 is 10.1 Å². The first-order valence-electron chi connectivity index (χ1n) is 16.9. The zero-order valence-corrected chi connectivity index (χ0v) is 30.6. The first kappa shape index (κ1) is 39.9. The van der Waals surface area contributed by atoms with E-state index in [0.29, 0.717) is 0 Å². The largest absolute Gasteiger partial charge is 0.507 e. The number of carbonyl (C=O) groups excluding carboxylic acids is 4. The summed E-state index contributed by atoms with van der Waals surface area (Å²) >= 11 is 0. The summed E-state index contributed by atoms with van der Waals surface area (Å²) in [7, 11) is 1.41. The van der Waals surface area contributed by atoms with Gasteiger partial charge in [0.1, 0.15) is 23.4 Å². The number of nitrogens with one attached hydrogen (secondary N) is 1. The normalized spacial score (nSPS) is 32.3. The number of aliphatic hydroxyl groups excluding tert-OH is 2. The highest BCUT2D eigenvalue weighted by Crippen LogP contribution is 2.55. The lowest BCUT2D eigenvalue weighted by Crippen LogP contribution is -2.46. The van der Waals surface area contributed by atoms with Gasteiger partial charge in [-0.05, 0) is 19.9 Å². The van der Waals surface area contributed by atoms with Crippen molar-refractivity contribution in [2.24, 2.45) is 23.7 Å². The smallest absolute Gasteiger partial charge is 0.312 e. The van der Waals surface area contributed by atoms with E-state index in [9.17, 15) is 44.7 Å². The molecule has 2 aromatic rings. The Bertz CT molecular complexity index is 1860. The Morgan fingerprint density at radius 1 is 0.942 bits per heavy atom. The molecule has 0 fully saturated rings. The molecular formula is C38H47NO13. The Hall–Kier alpha value is -4.92. The summed E-state index contributed by atoms with van der Waals surface area (Å²) in [5.41, 5.74) is -1.27. The summed E-state index contributed by atoms with van der Waals surface area (Å²) in [6.07, 6.45) is 3.41. The quantitative estimate of drug-likeness (QED) is 0.111. The Morgan fingerprint density at radius 3 is 2.19 bits per heavy atom. The van der Waals surface area contributed by atoms with Crippen LogP contribution in [0.3, 0.4) is 0 Å². The Morgan fingerprint density at radius 2 is 1.60 bits per heavy atom. The van der Waals surface area contributed by atoms with Crippen LogP contribution in [0.25, 0.3) is 10.8 Å². The van der Waals surface area contributed by atoms with E-state index in [4.69, 9.17) is 18.9 Å². The molecule has 6 N–H and O–H groups in total. The Labute approximate surface area is 301 Å². The molecule has 0 saturated heterocycles. The van der Waals surface area contributed by atoms with E-state index in [-0.39, 0.29) is 28.7 Å². The summed E-state index contributed by atoms with van der Waals surface area (Å²) in [5, 5.41) is 58.2. The van der Waals surface area contributed by atoms with Gasteiger partial charge < -0.3 is 49.8 Å². The highest BCUT2D eigenvalue weighted by Gasteiger charge is 2.50. The fraction of sp³-hybridized carbons (Fsp3) is 0.474. The molecule has 0 radical (unpaired) electrons. The van der Waals surface area contributed by atoms with Crippen molar-refractivity contribution < 1.29 is 63.7 Å². The molecule has 0 aliphatic carbocycles. The number of allylic oxidation sites excluding steroid dienone is 2. The monoisotopic (exact) mass is 725 g/mol. The van der Waals surface area contributed by atoms with Crippen LogP contribution in [0, 0.1) is 30.6 Å². The van der Waals surface area contributed by atoms with E-state index < -0.39 is 111 Å². The van der Waals surface area contributed by atoms with Crippen molar-refractivity contribution in [2.45, 2.75) is 85.6 Å². The number of amides is 1. The first-order chi connectivity index (χ1) is 24.3. The zero-order valence-electron chi connectivity index (χ0n) is 30.6. The van der Waals surface area contributed by atoms with Crippen molar-refractivity contribution in [3.63, 3.8) is 0 Å². The van der Waals surface area contributed by atoms with E-state index in [0.717, 1.165) is 6.26 Å². The standard InChI is InChI=1S/C38H47NO13/c1-16-11-10-12-17(2)37(48)39-28-23(15-40)32(45)25-26(33(28)46)31(44)21(6)35-27(25)36(47)38(8,52-35)50-14-13-24(49-9)18(3)34(51-22(7)41)20(5)30(43)19(4)29(16)42/h10-16,18-20,24,29-30,34,42-46H,1-9H3,(H,39,48)/b11-10+,14-13+,17-12-/t16-,18-,19+,20+,24-,29+,30-,34+,38-/m1/s1. The highest BCUT2D eigenvalue weighted by atomic mass is 16.7. The number of methoxy groups -OCH3 is 1. The molecule has 3 aliphatic heterocycles. The third-order valence-electron chi connectivity index (χ3n) is 10.2. The molecule has 1 amide bonds. The third-order valence-corrected chi connectivity index (χ3v) is 10.2. The fourth-order valence-electron chi connectivity index (χ4n) is 6.86. The van der Waals surface area contributed by atoms with Crippen LogP contribution >= 0.6 is 0 Å². The van der Waals surface area contributed by atoms with Crippen molar-refractivity contribution in [3.05, 3.63) is 52.8 Å². The van der Waals surface area contributed by atoms with Crippen molar-refractivity contribution >= 4 is 40.4 Å². The lowest BCUT2D eigenvalue weighted by Gasteiger charge is -2.38. The van der Waals surface area contributed by atoms with Gasteiger partial charge in [0, 0.05) is 61.2 Å². The summed E-state index contributed by atoms with van der Waals surface area (Å²) < 4.78 is 23.1. The number of rotatable bonds is 3. The number of carbonyl (C=O) groups is 4. The summed E-state index contributed by atoms with van der Waals surface area (Å²) in [6, 6.07) is 0. The lowest BCUT2D eigenvalue weighted by atomic mass is 9.78. The molecule has 5 bridgehead atoms. The predicted octanol–water partition coefficient (Wildman–Crippen LogP) is 4.57. The molecule has 2 aromatic carbocycles. The average Bonchev–Trinajstić information content (AvgIpc) is 3.36. The number of aliphatic hydroxyl groups is 2. The molecule has 0 unspecified atom stereocenters. The Kier molecular flexibility index (Phi) is 11.8. The number of phenols is 3. The maximum atomic E-state index is 14.0. The van der Waals surface area contributed by atoms with Crippen LogP contribution in [0.15, 0.2) is 36.1 Å². The summed E-state index contributed by atoms with van der Waals surface area (Å²) in [5.74, 6) is -9.19. The van der Waals surface area contributed by atoms with Crippen LogP contribution in [0.1, 0.15) is 74.7 Å². The number of hydrogen-bond acceptors (Lipinski definition) is 13. The minimum Gasteiger partial charge on any atom is -0.507 e. The second-order valence-corrected chi connectivity index (χ2v) is 13.7. The molecule has 14 heteroatoms. The fourth-order valence-corrected chi connectivity index (χ4v) is 6.86. The van der Waals surface area contributed by atoms with Gasteiger partial charge in [0.2, 0.25) is 0 Å². The minimum absolute atomic E-state index is 0.00425. The third kappa shape index (κ3) is 7.10. The van der Waals surface area contributed by atoms with Crippen molar-refractivity contribution in [1.29, 1.82) is 0 Å². The molecule has 3 heterocycles. The second-order valence-electron chi connectivity index (χ2n) is 13.7. The number of ether oxygens (including phenoxy) is 4. The molecule has 5 rings (SSSR count). The maximum Gasteiger partial charge on any atom is 0.312 e. The molecule has 14 nitrogen and oxygen atoms in total. The van der Waals surface area contributed by atoms with Gasteiger partial charge in [-0.15, -0.1) is 0 Å². The van der Waals surface area contributed by atoms with E-state index >= 15 is 0 Å². The van der Waals surface area contributed by atoms with E-state index in [2.05, 4.69) is 5.32 Å². The predicted molar refractivity (Wildman–Crippen MR) is 189 cm³/mol. The van der Waals surface area contributed by atoms with Gasteiger partial charge in [0.15, 0.2) is 12.0 Å². The van der Waals surface area contributed by atoms with Gasteiger partial charge in [-0.25, -0.2) is 0 Å². The number of esters is 1. The number of anilines is 1. The number of benzene rings is 2. The van der Waals surface area contributed by atoms with E-state index in [1.807, 2.05) is 0 Å². The van der Waals surface area contributed by atoms with Crippen molar-refractivity contribution in [3.8, 4) is 23.0 Å².